The van der Waals surface area contributed by atoms with Crippen molar-refractivity contribution in [2.75, 3.05) is 39.4 Å². The summed E-state index contributed by atoms with van der Waals surface area (Å²) in [6.45, 7) is 10.9. The van der Waals surface area contributed by atoms with E-state index >= 15 is 0 Å². The standard InChI is InChI=1S/C14H26N2O3/c1-14(2,3)19-13(17)16-8-6-15(7-9-16)12-4-10-18-11-5-12/h12H,4-11H2,1-3H3. The van der Waals surface area contributed by atoms with Crippen molar-refractivity contribution in [3.8, 4) is 0 Å². The molecule has 0 aromatic carbocycles. The summed E-state index contributed by atoms with van der Waals surface area (Å²) in [6.07, 6.45) is 2.05. The number of ether oxygens (including phenoxy) is 2. The van der Waals surface area contributed by atoms with Crippen molar-refractivity contribution in [3.05, 3.63) is 0 Å². The van der Waals surface area contributed by atoms with Crippen LogP contribution in [0.15, 0.2) is 0 Å². The molecule has 110 valence electrons. The van der Waals surface area contributed by atoms with Crippen LogP contribution in [0.5, 0.6) is 0 Å². The van der Waals surface area contributed by atoms with E-state index in [4.69, 9.17) is 9.47 Å². The molecule has 2 aliphatic heterocycles. The molecule has 2 aliphatic rings. The van der Waals surface area contributed by atoms with Crippen LogP contribution in [-0.2, 0) is 9.47 Å². The van der Waals surface area contributed by atoms with Gasteiger partial charge in [0, 0.05) is 45.4 Å². The Labute approximate surface area is 115 Å². The third-order valence-corrected chi connectivity index (χ3v) is 3.67. The Balaban J connectivity index is 1.77. The third kappa shape index (κ3) is 4.35. The molecule has 2 saturated heterocycles. The SMILES string of the molecule is CC(C)(C)OC(=O)N1CCN(C2CCOCC2)CC1. The van der Waals surface area contributed by atoms with Crippen molar-refractivity contribution < 1.29 is 14.3 Å². The highest BCUT2D eigenvalue weighted by Crippen LogP contribution is 2.17. The van der Waals surface area contributed by atoms with Gasteiger partial charge in [-0.05, 0) is 33.6 Å². The fourth-order valence-electron chi connectivity index (χ4n) is 2.65. The summed E-state index contributed by atoms with van der Waals surface area (Å²) in [5, 5.41) is 0. The number of nitrogens with zero attached hydrogens (tertiary/aromatic N) is 2. The normalized spacial score (nSPS) is 23.4. The summed E-state index contributed by atoms with van der Waals surface area (Å²) in [4.78, 5) is 16.3. The molecule has 0 bridgehead atoms. The molecule has 5 heteroatoms. The van der Waals surface area contributed by atoms with Gasteiger partial charge in [-0.3, -0.25) is 4.90 Å². The van der Waals surface area contributed by atoms with Gasteiger partial charge in [0.1, 0.15) is 5.60 Å². The van der Waals surface area contributed by atoms with Crippen LogP contribution < -0.4 is 0 Å². The summed E-state index contributed by atoms with van der Waals surface area (Å²) < 4.78 is 10.8. The minimum absolute atomic E-state index is 0.181. The first kappa shape index (κ1) is 14.6. The maximum atomic E-state index is 12.0. The lowest BCUT2D eigenvalue weighted by Gasteiger charge is -2.40. The van der Waals surface area contributed by atoms with Crippen molar-refractivity contribution in [3.63, 3.8) is 0 Å². The molecule has 0 unspecified atom stereocenters. The zero-order valence-corrected chi connectivity index (χ0v) is 12.4. The molecule has 0 saturated carbocycles. The van der Waals surface area contributed by atoms with Gasteiger partial charge in [0.05, 0.1) is 0 Å². The Bertz CT molecular complexity index is 300. The third-order valence-electron chi connectivity index (χ3n) is 3.67. The molecular formula is C14H26N2O3. The summed E-state index contributed by atoms with van der Waals surface area (Å²) in [6, 6.07) is 0.634. The van der Waals surface area contributed by atoms with Gasteiger partial charge in [-0.1, -0.05) is 0 Å². The van der Waals surface area contributed by atoms with E-state index in [2.05, 4.69) is 4.90 Å². The average molecular weight is 270 g/mol. The molecule has 0 atom stereocenters. The summed E-state index contributed by atoms with van der Waals surface area (Å²) >= 11 is 0. The van der Waals surface area contributed by atoms with Crippen LogP contribution >= 0.6 is 0 Å². The van der Waals surface area contributed by atoms with Crippen LogP contribution in [0, 0.1) is 0 Å². The lowest BCUT2D eigenvalue weighted by molar-refractivity contribution is -0.00559. The fraction of sp³-hybridized carbons (Fsp3) is 0.929. The largest absolute Gasteiger partial charge is 0.444 e. The van der Waals surface area contributed by atoms with Crippen LogP contribution in [0.3, 0.4) is 0 Å². The Hall–Kier alpha value is -0.810. The Morgan fingerprint density at radius 1 is 1.11 bits per heavy atom. The monoisotopic (exact) mass is 270 g/mol. The van der Waals surface area contributed by atoms with Gasteiger partial charge >= 0.3 is 6.09 Å². The van der Waals surface area contributed by atoms with E-state index in [0.717, 1.165) is 52.2 Å². The Morgan fingerprint density at radius 2 is 1.68 bits per heavy atom. The average Bonchev–Trinajstić information content (AvgIpc) is 2.38. The van der Waals surface area contributed by atoms with Crippen molar-refractivity contribution in [2.24, 2.45) is 0 Å². The van der Waals surface area contributed by atoms with Gasteiger partial charge in [-0.15, -0.1) is 0 Å². The molecule has 2 rings (SSSR count). The second kappa shape index (κ2) is 6.09. The maximum Gasteiger partial charge on any atom is 0.410 e. The summed E-state index contributed by atoms with van der Waals surface area (Å²) in [7, 11) is 0. The number of carbonyl (C=O) groups is 1. The van der Waals surface area contributed by atoms with Crippen LogP contribution in [0.25, 0.3) is 0 Å². The number of carbonyl (C=O) groups excluding carboxylic acids is 1. The van der Waals surface area contributed by atoms with Gasteiger partial charge < -0.3 is 14.4 Å². The van der Waals surface area contributed by atoms with E-state index in [9.17, 15) is 4.79 Å². The van der Waals surface area contributed by atoms with Crippen LogP contribution in [0.1, 0.15) is 33.6 Å². The zero-order chi connectivity index (χ0) is 13.9. The first-order valence-electron chi connectivity index (χ1n) is 7.25. The minimum Gasteiger partial charge on any atom is -0.444 e. The quantitative estimate of drug-likeness (QED) is 0.727. The number of hydrogen-bond acceptors (Lipinski definition) is 4. The highest BCUT2D eigenvalue weighted by atomic mass is 16.6. The second-order valence-electron chi connectivity index (χ2n) is 6.35. The van der Waals surface area contributed by atoms with Crippen LogP contribution in [-0.4, -0.2) is 66.9 Å². The summed E-state index contributed by atoms with van der Waals surface area (Å²) in [5.74, 6) is 0. The number of hydrogen-bond donors (Lipinski definition) is 0. The first-order chi connectivity index (χ1) is 8.96. The smallest absolute Gasteiger partial charge is 0.410 e. The number of rotatable bonds is 1. The van der Waals surface area contributed by atoms with Crippen molar-refractivity contribution in [1.82, 2.24) is 9.80 Å². The molecule has 5 nitrogen and oxygen atoms in total. The molecule has 19 heavy (non-hydrogen) atoms. The van der Waals surface area contributed by atoms with E-state index in [1.807, 2.05) is 25.7 Å². The molecule has 2 fully saturated rings. The topological polar surface area (TPSA) is 42.0 Å². The van der Waals surface area contributed by atoms with E-state index in [1.54, 1.807) is 0 Å². The highest BCUT2D eigenvalue weighted by Gasteiger charge is 2.29. The van der Waals surface area contributed by atoms with E-state index in [1.165, 1.54) is 0 Å². The van der Waals surface area contributed by atoms with Gasteiger partial charge in [-0.25, -0.2) is 4.79 Å². The van der Waals surface area contributed by atoms with Crippen molar-refractivity contribution in [2.45, 2.75) is 45.3 Å². The molecule has 0 aromatic heterocycles. The highest BCUT2D eigenvalue weighted by molar-refractivity contribution is 5.68. The fourth-order valence-corrected chi connectivity index (χ4v) is 2.65. The molecule has 2 heterocycles. The van der Waals surface area contributed by atoms with Gasteiger partial charge in [0.2, 0.25) is 0 Å². The molecule has 1 amide bonds. The maximum absolute atomic E-state index is 12.0. The molecule has 0 spiro atoms. The molecule has 0 aliphatic carbocycles. The van der Waals surface area contributed by atoms with Gasteiger partial charge in [0.25, 0.3) is 0 Å². The lowest BCUT2D eigenvalue weighted by atomic mass is 10.1. The van der Waals surface area contributed by atoms with Crippen molar-refractivity contribution >= 4 is 6.09 Å². The Kier molecular flexibility index (Phi) is 4.68. The molecular weight excluding hydrogens is 244 g/mol. The van der Waals surface area contributed by atoms with Crippen LogP contribution in [0.4, 0.5) is 4.79 Å². The zero-order valence-electron chi connectivity index (χ0n) is 12.4. The molecule has 0 N–H and O–H groups in total. The first-order valence-corrected chi connectivity index (χ1v) is 7.25. The van der Waals surface area contributed by atoms with Crippen molar-refractivity contribution in [1.29, 1.82) is 0 Å². The second-order valence-corrected chi connectivity index (χ2v) is 6.35. The lowest BCUT2D eigenvalue weighted by Crippen LogP contribution is -2.53. The summed E-state index contributed by atoms with van der Waals surface area (Å²) in [5.41, 5.74) is -0.408. The van der Waals surface area contributed by atoms with Gasteiger partial charge in [0.15, 0.2) is 0 Å². The number of piperazine rings is 1. The van der Waals surface area contributed by atoms with E-state index in [-0.39, 0.29) is 6.09 Å². The predicted molar refractivity (Wildman–Crippen MR) is 73.2 cm³/mol. The Morgan fingerprint density at radius 3 is 2.21 bits per heavy atom. The predicted octanol–water partition coefficient (Wildman–Crippen LogP) is 1.72. The van der Waals surface area contributed by atoms with E-state index in [0.29, 0.717) is 6.04 Å². The molecule has 0 radical (unpaired) electrons. The van der Waals surface area contributed by atoms with Gasteiger partial charge in [-0.2, -0.15) is 0 Å². The number of amides is 1. The van der Waals surface area contributed by atoms with Crippen LogP contribution in [0.2, 0.25) is 0 Å². The van der Waals surface area contributed by atoms with E-state index < -0.39 is 5.60 Å². The minimum atomic E-state index is -0.408. The molecule has 0 aromatic rings.